The standard InChI is InChI=1S/C16H19NO4S/c1-17(10-11-6-5-7-22-11)16(18)12-8-14(20-3)15(21-4)9-13(12)19-2/h5-9H,10H2,1-4H3. The number of carbonyl (C=O) groups excluding carboxylic acids is 1. The molecule has 0 radical (unpaired) electrons. The molecule has 0 fully saturated rings. The van der Waals surface area contributed by atoms with Crippen LogP contribution < -0.4 is 14.2 Å². The number of carbonyl (C=O) groups is 1. The highest BCUT2D eigenvalue weighted by Crippen LogP contribution is 2.35. The molecule has 1 aromatic heterocycles. The molecule has 0 saturated heterocycles. The first kappa shape index (κ1) is 16.2. The molecule has 0 atom stereocenters. The van der Waals surface area contributed by atoms with E-state index in [0.717, 1.165) is 4.88 Å². The lowest BCUT2D eigenvalue weighted by Gasteiger charge is -2.19. The second-order valence-corrected chi connectivity index (χ2v) is 5.68. The van der Waals surface area contributed by atoms with E-state index in [1.165, 1.54) is 14.2 Å². The summed E-state index contributed by atoms with van der Waals surface area (Å²) in [4.78, 5) is 15.4. The Morgan fingerprint density at radius 1 is 1.09 bits per heavy atom. The molecule has 1 heterocycles. The largest absolute Gasteiger partial charge is 0.496 e. The second kappa shape index (κ2) is 7.17. The fourth-order valence-electron chi connectivity index (χ4n) is 2.11. The first-order valence-corrected chi connectivity index (χ1v) is 7.56. The molecule has 118 valence electrons. The van der Waals surface area contributed by atoms with Crippen molar-refractivity contribution in [3.05, 3.63) is 40.1 Å². The normalized spacial score (nSPS) is 10.2. The quantitative estimate of drug-likeness (QED) is 0.820. The van der Waals surface area contributed by atoms with Crippen LogP contribution in [0.15, 0.2) is 29.6 Å². The predicted octanol–water partition coefficient (Wildman–Crippen LogP) is 3.05. The van der Waals surface area contributed by atoms with Crippen molar-refractivity contribution >= 4 is 17.2 Å². The third-order valence-electron chi connectivity index (χ3n) is 3.26. The summed E-state index contributed by atoms with van der Waals surface area (Å²) in [5.74, 6) is 1.35. The molecule has 2 rings (SSSR count). The Hall–Kier alpha value is -2.21. The highest BCUT2D eigenvalue weighted by atomic mass is 32.1. The van der Waals surface area contributed by atoms with Gasteiger partial charge in [-0.25, -0.2) is 0 Å². The molecule has 1 amide bonds. The number of ether oxygens (including phenoxy) is 3. The molecule has 22 heavy (non-hydrogen) atoms. The Morgan fingerprint density at radius 3 is 2.27 bits per heavy atom. The average molecular weight is 321 g/mol. The number of benzene rings is 1. The van der Waals surface area contributed by atoms with Crippen LogP contribution >= 0.6 is 11.3 Å². The van der Waals surface area contributed by atoms with Gasteiger partial charge in [-0.2, -0.15) is 0 Å². The van der Waals surface area contributed by atoms with Gasteiger partial charge in [0.15, 0.2) is 11.5 Å². The molecular formula is C16H19NO4S. The summed E-state index contributed by atoms with van der Waals surface area (Å²) in [7, 11) is 6.37. The third kappa shape index (κ3) is 3.33. The minimum Gasteiger partial charge on any atom is -0.496 e. The summed E-state index contributed by atoms with van der Waals surface area (Å²) in [6.45, 7) is 0.550. The molecule has 1 aromatic carbocycles. The van der Waals surface area contributed by atoms with Gasteiger partial charge in [-0.3, -0.25) is 4.79 Å². The smallest absolute Gasteiger partial charge is 0.257 e. The van der Waals surface area contributed by atoms with E-state index >= 15 is 0 Å². The van der Waals surface area contributed by atoms with Gasteiger partial charge >= 0.3 is 0 Å². The zero-order valence-corrected chi connectivity index (χ0v) is 13.9. The summed E-state index contributed by atoms with van der Waals surface area (Å²) in [5.41, 5.74) is 0.444. The zero-order valence-electron chi connectivity index (χ0n) is 13.1. The highest BCUT2D eigenvalue weighted by molar-refractivity contribution is 7.09. The number of nitrogens with zero attached hydrogens (tertiary/aromatic N) is 1. The first-order chi connectivity index (χ1) is 10.6. The Morgan fingerprint density at radius 2 is 1.73 bits per heavy atom. The number of hydrogen-bond acceptors (Lipinski definition) is 5. The van der Waals surface area contributed by atoms with Crippen LogP contribution in [0.25, 0.3) is 0 Å². The summed E-state index contributed by atoms with van der Waals surface area (Å²) in [6, 6.07) is 7.27. The SMILES string of the molecule is COc1cc(OC)c(C(=O)N(C)Cc2cccs2)cc1OC. The van der Waals surface area contributed by atoms with Crippen LogP contribution in [0.4, 0.5) is 0 Å². The fourth-order valence-corrected chi connectivity index (χ4v) is 2.87. The average Bonchev–Trinajstić information content (AvgIpc) is 3.05. The van der Waals surface area contributed by atoms with Crippen LogP contribution in [-0.2, 0) is 6.54 Å². The molecule has 0 aliphatic heterocycles. The van der Waals surface area contributed by atoms with E-state index in [-0.39, 0.29) is 5.91 Å². The Labute approximate surface area is 134 Å². The predicted molar refractivity (Wildman–Crippen MR) is 86.2 cm³/mol. The van der Waals surface area contributed by atoms with E-state index in [2.05, 4.69) is 0 Å². The summed E-state index contributed by atoms with van der Waals surface area (Å²) in [5, 5.41) is 1.99. The van der Waals surface area contributed by atoms with E-state index in [4.69, 9.17) is 14.2 Å². The molecule has 2 aromatic rings. The molecule has 0 N–H and O–H groups in total. The Bertz CT molecular complexity index is 640. The molecule has 5 nitrogen and oxygen atoms in total. The van der Waals surface area contributed by atoms with Crippen LogP contribution in [0.2, 0.25) is 0 Å². The van der Waals surface area contributed by atoms with Crippen LogP contribution in [-0.4, -0.2) is 39.2 Å². The highest BCUT2D eigenvalue weighted by Gasteiger charge is 2.20. The Balaban J connectivity index is 2.31. The monoisotopic (exact) mass is 321 g/mol. The number of amides is 1. The molecule has 0 saturated carbocycles. The lowest BCUT2D eigenvalue weighted by atomic mass is 10.1. The van der Waals surface area contributed by atoms with E-state index in [1.54, 1.807) is 42.5 Å². The maximum atomic E-state index is 12.7. The van der Waals surface area contributed by atoms with Gasteiger partial charge in [0.25, 0.3) is 5.91 Å². The van der Waals surface area contributed by atoms with Crippen molar-refractivity contribution in [1.82, 2.24) is 4.90 Å². The van der Waals surface area contributed by atoms with Crippen molar-refractivity contribution in [2.75, 3.05) is 28.4 Å². The van der Waals surface area contributed by atoms with Gasteiger partial charge in [-0.1, -0.05) is 6.07 Å². The maximum Gasteiger partial charge on any atom is 0.257 e. The lowest BCUT2D eigenvalue weighted by molar-refractivity contribution is 0.0782. The van der Waals surface area contributed by atoms with Crippen molar-refractivity contribution in [2.24, 2.45) is 0 Å². The van der Waals surface area contributed by atoms with Crippen molar-refractivity contribution in [3.63, 3.8) is 0 Å². The van der Waals surface area contributed by atoms with E-state index < -0.39 is 0 Å². The van der Waals surface area contributed by atoms with E-state index in [9.17, 15) is 4.79 Å². The van der Waals surface area contributed by atoms with Crippen molar-refractivity contribution in [3.8, 4) is 17.2 Å². The molecule has 0 unspecified atom stereocenters. The van der Waals surface area contributed by atoms with Crippen LogP contribution in [0.1, 0.15) is 15.2 Å². The molecule has 0 aliphatic rings. The van der Waals surface area contributed by atoms with Crippen LogP contribution in [0, 0.1) is 0 Å². The number of hydrogen-bond donors (Lipinski definition) is 0. The number of thiophene rings is 1. The number of methoxy groups -OCH3 is 3. The summed E-state index contributed by atoms with van der Waals surface area (Å²) in [6.07, 6.45) is 0. The minimum absolute atomic E-state index is 0.133. The van der Waals surface area contributed by atoms with Gasteiger partial charge in [-0.05, 0) is 11.4 Å². The van der Waals surface area contributed by atoms with Gasteiger partial charge in [0.1, 0.15) is 5.75 Å². The first-order valence-electron chi connectivity index (χ1n) is 6.68. The number of rotatable bonds is 6. The minimum atomic E-state index is -0.133. The second-order valence-electron chi connectivity index (χ2n) is 4.65. The van der Waals surface area contributed by atoms with Gasteiger partial charge in [0, 0.05) is 24.1 Å². The van der Waals surface area contributed by atoms with E-state index in [0.29, 0.717) is 29.4 Å². The van der Waals surface area contributed by atoms with Gasteiger partial charge in [0.2, 0.25) is 0 Å². The van der Waals surface area contributed by atoms with E-state index in [1.807, 2.05) is 17.5 Å². The zero-order chi connectivity index (χ0) is 16.1. The van der Waals surface area contributed by atoms with Crippen molar-refractivity contribution in [1.29, 1.82) is 0 Å². The molecular weight excluding hydrogens is 302 g/mol. The summed E-state index contributed by atoms with van der Waals surface area (Å²) < 4.78 is 15.8. The topological polar surface area (TPSA) is 48.0 Å². The van der Waals surface area contributed by atoms with Crippen LogP contribution in [0.3, 0.4) is 0 Å². The maximum absolute atomic E-state index is 12.7. The molecule has 0 spiro atoms. The Kier molecular flexibility index (Phi) is 5.27. The van der Waals surface area contributed by atoms with Gasteiger partial charge < -0.3 is 19.1 Å². The fraction of sp³-hybridized carbons (Fsp3) is 0.312. The molecule has 0 bridgehead atoms. The molecule has 0 aliphatic carbocycles. The van der Waals surface area contributed by atoms with Gasteiger partial charge in [-0.15, -0.1) is 11.3 Å². The van der Waals surface area contributed by atoms with Crippen LogP contribution in [0.5, 0.6) is 17.2 Å². The summed E-state index contributed by atoms with van der Waals surface area (Å²) >= 11 is 1.62. The molecule has 6 heteroatoms. The third-order valence-corrected chi connectivity index (χ3v) is 4.12. The van der Waals surface area contributed by atoms with Gasteiger partial charge in [0.05, 0.1) is 33.4 Å². The van der Waals surface area contributed by atoms with Crippen molar-refractivity contribution in [2.45, 2.75) is 6.54 Å². The lowest BCUT2D eigenvalue weighted by Crippen LogP contribution is -2.26. The van der Waals surface area contributed by atoms with Crippen molar-refractivity contribution < 1.29 is 19.0 Å².